The molecule has 12 heavy (non-hydrogen) atoms. The van der Waals surface area contributed by atoms with E-state index in [1.54, 1.807) is 0 Å². The van der Waals surface area contributed by atoms with E-state index in [9.17, 15) is 0 Å². The maximum atomic E-state index is 5.51. The summed E-state index contributed by atoms with van der Waals surface area (Å²) < 4.78 is 0. The first-order valence-electron chi connectivity index (χ1n) is 4.91. The van der Waals surface area contributed by atoms with Crippen LogP contribution in [0.3, 0.4) is 0 Å². The average Bonchev–Trinajstić information content (AvgIpc) is 2.16. The SMILES string of the molecule is CC(CN)NCC1CC=CCC1. The van der Waals surface area contributed by atoms with Gasteiger partial charge in [0.1, 0.15) is 0 Å². The number of hydrogen-bond acceptors (Lipinski definition) is 2. The summed E-state index contributed by atoms with van der Waals surface area (Å²) in [6, 6.07) is 0.468. The first kappa shape index (κ1) is 9.75. The van der Waals surface area contributed by atoms with Crippen LogP contribution in [-0.2, 0) is 0 Å². The lowest BCUT2D eigenvalue weighted by Gasteiger charge is -2.20. The van der Waals surface area contributed by atoms with Gasteiger partial charge < -0.3 is 11.1 Å². The summed E-state index contributed by atoms with van der Waals surface area (Å²) in [4.78, 5) is 0. The molecule has 2 nitrogen and oxygen atoms in total. The topological polar surface area (TPSA) is 38.0 Å². The molecule has 0 aromatic rings. The van der Waals surface area contributed by atoms with Crippen molar-refractivity contribution < 1.29 is 0 Å². The third-order valence-corrected chi connectivity index (χ3v) is 2.49. The van der Waals surface area contributed by atoms with Crippen LogP contribution in [0.25, 0.3) is 0 Å². The third-order valence-electron chi connectivity index (χ3n) is 2.49. The van der Waals surface area contributed by atoms with Gasteiger partial charge >= 0.3 is 0 Å². The lowest BCUT2D eigenvalue weighted by Crippen LogP contribution is -2.36. The van der Waals surface area contributed by atoms with Crippen LogP contribution in [0.1, 0.15) is 26.2 Å². The number of allylic oxidation sites excluding steroid dienone is 2. The molecule has 2 atom stereocenters. The van der Waals surface area contributed by atoms with Gasteiger partial charge in [0, 0.05) is 12.6 Å². The second-order valence-corrected chi connectivity index (χ2v) is 3.70. The van der Waals surface area contributed by atoms with Crippen LogP contribution in [0.2, 0.25) is 0 Å². The lowest BCUT2D eigenvalue weighted by molar-refractivity contribution is 0.413. The van der Waals surface area contributed by atoms with E-state index in [1.807, 2.05) is 0 Å². The minimum atomic E-state index is 0.468. The normalized spacial score (nSPS) is 25.7. The molecule has 2 heteroatoms. The highest BCUT2D eigenvalue weighted by Gasteiger charge is 2.09. The van der Waals surface area contributed by atoms with Crippen molar-refractivity contribution in [2.24, 2.45) is 11.7 Å². The average molecular weight is 168 g/mol. The van der Waals surface area contributed by atoms with Crippen LogP contribution in [-0.4, -0.2) is 19.1 Å². The van der Waals surface area contributed by atoms with Gasteiger partial charge in [-0.2, -0.15) is 0 Å². The lowest BCUT2D eigenvalue weighted by atomic mass is 9.94. The van der Waals surface area contributed by atoms with Crippen molar-refractivity contribution in [3.05, 3.63) is 12.2 Å². The molecule has 0 saturated carbocycles. The smallest absolute Gasteiger partial charge is 0.0162 e. The van der Waals surface area contributed by atoms with Gasteiger partial charge in [-0.05, 0) is 38.6 Å². The molecule has 0 aliphatic heterocycles. The van der Waals surface area contributed by atoms with E-state index in [0.717, 1.165) is 19.0 Å². The molecule has 0 aromatic carbocycles. The quantitative estimate of drug-likeness (QED) is 0.621. The van der Waals surface area contributed by atoms with Crippen LogP contribution in [0.4, 0.5) is 0 Å². The van der Waals surface area contributed by atoms with Crippen LogP contribution in [0.15, 0.2) is 12.2 Å². The van der Waals surface area contributed by atoms with E-state index in [1.165, 1.54) is 19.3 Å². The summed E-state index contributed by atoms with van der Waals surface area (Å²) in [5.74, 6) is 0.837. The van der Waals surface area contributed by atoms with Crippen molar-refractivity contribution in [2.45, 2.75) is 32.2 Å². The molecule has 0 aromatic heterocycles. The summed E-state index contributed by atoms with van der Waals surface area (Å²) >= 11 is 0. The first-order valence-corrected chi connectivity index (χ1v) is 4.91. The molecule has 3 N–H and O–H groups in total. The number of rotatable bonds is 4. The van der Waals surface area contributed by atoms with Crippen molar-refractivity contribution in [3.8, 4) is 0 Å². The van der Waals surface area contributed by atoms with E-state index >= 15 is 0 Å². The maximum Gasteiger partial charge on any atom is 0.0162 e. The van der Waals surface area contributed by atoms with Crippen molar-refractivity contribution >= 4 is 0 Å². The Bertz CT molecular complexity index is 143. The molecular weight excluding hydrogens is 148 g/mol. The van der Waals surface area contributed by atoms with E-state index < -0.39 is 0 Å². The Balaban J connectivity index is 2.10. The minimum Gasteiger partial charge on any atom is -0.329 e. The monoisotopic (exact) mass is 168 g/mol. The largest absolute Gasteiger partial charge is 0.329 e. The molecule has 1 aliphatic carbocycles. The van der Waals surface area contributed by atoms with Gasteiger partial charge in [0.2, 0.25) is 0 Å². The molecule has 2 unspecified atom stereocenters. The second-order valence-electron chi connectivity index (χ2n) is 3.70. The third kappa shape index (κ3) is 3.37. The Morgan fingerprint density at radius 2 is 2.42 bits per heavy atom. The van der Waals surface area contributed by atoms with Crippen molar-refractivity contribution in [1.29, 1.82) is 0 Å². The molecule has 0 fully saturated rings. The summed E-state index contributed by atoms with van der Waals surface area (Å²) in [5, 5.41) is 3.44. The molecule has 70 valence electrons. The molecule has 0 amide bonds. The van der Waals surface area contributed by atoms with Gasteiger partial charge in [-0.1, -0.05) is 12.2 Å². The van der Waals surface area contributed by atoms with Crippen LogP contribution in [0.5, 0.6) is 0 Å². The molecule has 1 rings (SSSR count). The van der Waals surface area contributed by atoms with Crippen LogP contribution in [0, 0.1) is 5.92 Å². The summed E-state index contributed by atoms with van der Waals surface area (Å²) in [7, 11) is 0. The fourth-order valence-corrected chi connectivity index (χ4v) is 1.49. The number of hydrogen-bond donors (Lipinski definition) is 2. The molecule has 0 radical (unpaired) electrons. The molecule has 0 spiro atoms. The number of nitrogens with one attached hydrogen (secondary N) is 1. The standard InChI is InChI=1S/C10H20N2/c1-9(7-11)12-8-10-5-3-2-4-6-10/h2-3,9-10,12H,4-8,11H2,1H3. The Hall–Kier alpha value is -0.340. The van der Waals surface area contributed by atoms with Crippen LogP contribution >= 0.6 is 0 Å². The van der Waals surface area contributed by atoms with Gasteiger partial charge in [0.25, 0.3) is 0 Å². The molecule has 0 heterocycles. The number of nitrogens with two attached hydrogens (primary N) is 1. The summed E-state index contributed by atoms with van der Waals surface area (Å²) in [6.45, 7) is 4.00. The second kappa shape index (κ2) is 5.33. The van der Waals surface area contributed by atoms with Crippen LogP contribution < -0.4 is 11.1 Å². The van der Waals surface area contributed by atoms with E-state index in [-0.39, 0.29) is 0 Å². The van der Waals surface area contributed by atoms with Gasteiger partial charge in [-0.25, -0.2) is 0 Å². The Morgan fingerprint density at radius 3 is 3.00 bits per heavy atom. The summed E-state index contributed by atoms with van der Waals surface area (Å²) in [6.07, 6.45) is 8.40. The fraction of sp³-hybridized carbons (Fsp3) is 0.800. The Morgan fingerprint density at radius 1 is 1.58 bits per heavy atom. The van der Waals surface area contributed by atoms with Crippen molar-refractivity contribution in [3.63, 3.8) is 0 Å². The zero-order valence-corrected chi connectivity index (χ0v) is 7.92. The fourth-order valence-electron chi connectivity index (χ4n) is 1.49. The molecular formula is C10H20N2. The highest BCUT2D eigenvalue weighted by Crippen LogP contribution is 2.16. The molecule has 1 aliphatic rings. The maximum absolute atomic E-state index is 5.51. The predicted molar refractivity (Wildman–Crippen MR) is 53.0 cm³/mol. The molecule has 0 bridgehead atoms. The zero-order valence-electron chi connectivity index (χ0n) is 7.92. The summed E-state index contributed by atoms with van der Waals surface area (Å²) in [5.41, 5.74) is 5.51. The van der Waals surface area contributed by atoms with Gasteiger partial charge in [-0.3, -0.25) is 0 Å². The highest BCUT2D eigenvalue weighted by molar-refractivity contribution is 4.90. The Kier molecular flexibility index (Phi) is 4.33. The van der Waals surface area contributed by atoms with E-state index in [2.05, 4.69) is 24.4 Å². The van der Waals surface area contributed by atoms with Gasteiger partial charge in [0.15, 0.2) is 0 Å². The van der Waals surface area contributed by atoms with E-state index in [0.29, 0.717) is 6.04 Å². The van der Waals surface area contributed by atoms with Gasteiger partial charge in [0.05, 0.1) is 0 Å². The Labute approximate surface area is 75.2 Å². The zero-order chi connectivity index (χ0) is 8.81. The first-order chi connectivity index (χ1) is 5.83. The molecule has 0 saturated heterocycles. The highest BCUT2D eigenvalue weighted by atomic mass is 14.9. The van der Waals surface area contributed by atoms with E-state index in [4.69, 9.17) is 5.73 Å². The predicted octanol–water partition coefficient (Wildman–Crippen LogP) is 1.28. The van der Waals surface area contributed by atoms with Gasteiger partial charge in [-0.15, -0.1) is 0 Å². The van der Waals surface area contributed by atoms with Crippen molar-refractivity contribution in [2.75, 3.05) is 13.1 Å². The minimum absolute atomic E-state index is 0.468. The van der Waals surface area contributed by atoms with Crippen molar-refractivity contribution in [1.82, 2.24) is 5.32 Å².